The van der Waals surface area contributed by atoms with E-state index in [1.54, 1.807) is 7.11 Å². The number of hydrogen-bond donors (Lipinski definition) is 1. The smallest absolute Gasteiger partial charge is 0.175 e. The molecule has 0 saturated carbocycles. The molecular formula is C15H24BrNO2. The maximum absolute atomic E-state index is 5.78. The van der Waals surface area contributed by atoms with Gasteiger partial charge in [-0.2, -0.15) is 0 Å². The molecule has 0 aromatic heterocycles. The van der Waals surface area contributed by atoms with E-state index < -0.39 is 0 Å². The zero-order chi connectivity index (χ0) is 14.4. The monoisotopic (exact) mass is 329 g/mol. The Bertz CT molecular complexity index is 407. The van der Waals surface area contributed by atoms with Crippen molar-refractivity contribution in [2.75, 3.05) is 7.11 Å². The molecule has 4 heteroatoms. The van der Waals surface area contributed by atoms with E-state index in [1.807, 2.05) is 19.9 Å². The lowest BCUT2D eigenvalue weighted by atomic mass is 10.1. The van der Waals surface area contributed by atoms with E-state index in [1.165, 1.54) is 5.56 Å². The topological polar surface area (TPSA) is 30.5 Å². The van der Waals surface area contributed by atoms with Crippen molar-refractivity contribution in [1.29, 1.82) is 0 Å². The van der Waals surface area contributed by atoms with Crippen LogP contribution in [0, 0.1) is 0 Å². The summed E-state index contributed by atoms with van der Waals surface area (Å²) in [5.74, 6) is 1.54. The molecule has 0 bridgehead atoms. The Morgan fingerprint density at radius 1 is 1.26 bits per heavy atom. The first-order chi connectivity index (χ1) is 8.97. The van der Waals surface area contributed by atoms with Crippen LogP contribution < -0.4 is 14.8 Å². The number of ether oxygens (including phenoxy) is 2. The van der Waals surface area contributed by atoms with Crippen LogP contribution in [-0.4, -0.2) is 19.3 Å². The van der Waals surface area contributed by atoms with Gasteiger partial charge in [-0.3, -0.25) is 0 Å². The summed E-state index contributed by atoms with van der Waals surface area (Å²) in [6.07, 6.45) is 1.24. The lowest BCUT2D eigenvalue weighted by Crippen LogP contribution is -2.24. The van der Waals surface area contributed by atoms with Crippen molar-refractivity contribution in [1.82, 2.24) is 5.32 Å². The summed E-state index contributed by atoms with van der Waals surface area (Å²) in [4.78, 5) is 0. The molecule has 1 unspecified atom stereocenters. The Hall–Kier alpha value is -0.740. The Morgan fingerprint density at radius 3 is 2.47 bits per heavy atom. The van der Waals surface area contributed by atoms with Crippen LogP contribution in [-0.2, 0) is 6.54 Å². The van der Waals surface area contributed by atoms with Crippen LogP contribution in [0.4, 0.5) is 0 Å². The number of nitrogens with one attached hydrogen (secondary N) is 1. The normalized spacial score (nSPS) is 12.6. The summed E-state index contributed by atoms with van der Waals surface area (Å²) >= 11 is 3.56. The average Bonchev–Trinajstić information content (AvgIpc) is 2.37. The third kappa shape index (κ3) is 5.03. The van der Waals surface area contributed by atoms with Crippen LogP contribution in [0.25, 0.3) is 0 Å². The summed E-state index contributed by atoms with van der Waals surface area (Å²) in [6, 6.07) is 4.62. The number of hydrogen-bond acceptors (Lipinski definition) is 3. The van der Waals surface area contributed by atoms with Gasteiger partial charge < -0.3 is 14.8 Å². The van der Waals surface area contributed by atoms with E-state index in [9.17, 15) is 0 Å². The summed E-state index contributed by atoms with van der Waals surface area (Å²) in [6.45, 7) is 9.19. The Kier molecular flexibility index (Phi) is 6.66. The van der Waals surface area contributed by atoms with Crippen molar-refractivity contribution >= 4 is 15.9 Å². The number of rotatable bonds is 7. The van der Waals surface area contributed by atoms with E-state index in [0.29, 0.717) is 6.04 Å². The minimum atomic E-state index is 0.120. The van der Waals surface area contributed by atoms with E-state index in [-0.39, 0.29) is 6.10 Å². The van der Waals surface area contributed by atoms with Crippen LogP contribution in [0.5, 0.6) is 11.5 Å². The molecule has 0 amide bonds. The molecule has 108 valence electrons. The first kappa shape index (κ1) is 16.3. The second kappa shape index (κ2) is 7.75. The fourth-order valence-electron chi connectivity index (χ4n) is 1.66. The Labute approximate surface area is 124 Å². The summed E-state index contributed by atoms with van der Waals surface area (Å²) in [5.41, 5.74) is 1.18. The highest BCUT2D eigenvalue weighted by Crippen LogP contribution is 2.37. The average molecular weight is 330 g/mol. The summed E-state index contributed by atoms with van der Waals surface area (Å²) in [5, 5.41) is 3.47. The van der Waals surface area contributed by atoms with Crippen molar-refractivity contribution in [3.05, 3.63) is 22.2 Å². The Balaban J connectivity index is 2.89. The molecule has 0 aliphatic rings. The maximum Gasteiger partial charge on any atom is 0.175 e. The molecule has 0 aliphatic heterocycles. The van der Waals surface area contributed by atoms with Gasteiger partial charge in [0.25, 0.3) is 0 Å². The van der Waals surface area contributed by atoms with E-state index in [4.69, 9.17) is 9.47 Å². The molecule has 1 N–H and O–H groups in total. The largest absolute Gasteiger partial charge is 0.493 e. The van der Waals surface area contributed by atoms with Crippen LogP contribution in [0.15, 0.2) is 16.6 Å². The molecule has 3 nitrogen and oxygen atoms in total. The lowest BCUT2D eigenvalue weighted by molar-refractivity contribution is 0.228. The second-order valence-electron chi connectivity index (χ2n) is 4.97. The second-order valence-corrected chi connectivity index (χ2v) is 5.82. The van der Waals surface area contributed by atoms with Gasteiger partial charge in [0.15, 0.2) is 11.5 Å². The van der Waals surface area contributed by atoms with Gasteiger partial charge in [-0.1, -0.05) is 6.92 Å². The van der Waals surface area contributed by atoms with E-state index in [0.717, 1.165) is 28.9 Å². The van der Waals surface area contributed by atoms with Crippen molar-refractivity contribution in [3.63, 3.8) is 0 Å². The van der Waals surface area contributed by atoms with Crippen molar-refractivity contribution in [2.45, 2.75) is 52.8 Å². The molecule has 1 rings (SSSR count). The highest BCUT2D eigenvalue weighted by atomic mass is 79.9. The van der Waals surface area contributed by atoms with Crippen LogP contribution >= 0.6 is 15.9 Å². The standard InChI is InChI=1S/C15H24BrNO2/c1-6-11(4)17-9-12-7-13(16)15(19-10(2)3)14(8-12)18-5/h7-8,10-11,17H,6,9H2,1-5H3. The van der Waals surface area contributed by atoms with Crippen molar-refractivity contribution in [2.24, 2.45) is 0 Å². The molecule has 0 radical (unpaired) electrons. The van der Waals surface area contributed by atoms with Crippen LogP contribution in [0.3, 0.4) is 0 Å². The molecule has 1 atom stereocenters. The highest BCUT2D eigenvalue weighted by Gasteiger charge is 2.13. The summed E-state index contributed by atoms with van der Waals surface area (Å²) < 4.78 is 12.1. The molecular weight excluding hydrogens is 306 g/mol. The zero-order valence-electron chi connectivity index (χ0n) is 12.4. The molecule has 1 aromatic carbocycles. The number of methoxy groups -OCH3 is 1. The third-order valence-electron chi connectivity index (χ3n) is 2.91. The number of benzene rings is 1. The van der Waals surface area contributed by atoms with Gasteiger partial charge in [-0.05, 0) is 60.8 Å². The maximum atomic E-state index is 5.78. The minimum Gasteiger partial charge on any atom is -0.493 e. The molecule has 0 spiro atoms. The zero-order valence-corrected chi connectivity index (χ0v) is 14.0. The lowest BCUT2D eigenvalue weighted by Gasteiger charge is -2.17. The van der Waals surface area contributed by atoms with Crippen molar-refractivity contribution in [3.8, 4) is 11.5 Å². The summed E-state index contributed by atoms with van der Waals surface area (Å²) in [7, 11) is 1.67. The fourth-order valence-corrected chi connectivity index (χ4v) is 2.24. The Morgan fingerprint density at radius 2 is 1.95 bits per heavy atom. The quantitative estimate of drug-likeness (QED) is 0.815. The molecule has 0 fully saturated rings. The molecule has 0 aliphatic carbocycles. The fraction of sp³-hybridized carbons (Fsp3) is 0.600. The van der Waals surface area contributed by atoms with Gasteiger partial charge in [0, 0.05) is 12.6 Å². The highest BCUT2D eigenvalue weighted by molar-refractivity contribution is 9.10. The first-order valence-corrected chi connectivity index (χ1v) is 7.53. The van der Waals surface area contributed by atoms with Gasteiger partial charge in [-0.15, -0.1) is 0 Å². The predicted octanol–water partition coefficient (Wildman–Crippen LogP) is 4.13. The molecule has 0 heterocycles. The number of halogens is 1. The van der Waals surface area contributed by atoms with Gasteiger partial charge >= 0.3 is 0 Å². The van der Waals surface area contributed by atoms with Crippen LogP contribution in [0.1, 0.15) is 39.7 Å². The molecule has 1 aromatic rings. The van der Waals surface area contributed by atoms with Crippen molar-refractivity contribution < 1.29 is 9.47 Å². The molecule has 0 saturated heterocycles. The molecule has 19 heavy (non-hydrogen) atoms. The SMILES string of the molecule is CCC(C)NCc1cc(Br)c(OC(C)C)c(OC)c1. The predicted molar refractivity (Wildman–Crippen MR) is 83.1 cm³/mol. The van der Waals surface area contributed by atoms with E-state index in [2.05, 4.69) is 41.2 Å². The minimum absolute atomic E-state index is 0.120. The van der Waals surface area contributed by atoms with E-state index >= 15 is 0 Å². The third-order valence-corrected chi connectivity index (χ3v) is 3.50. The van der Waals surface area contributed by atoms with Gasteiger partial charge in [0.2, 0.25) is 0 Å². The van der Waals surface area contributed by atoms with Gasteiger partial charge in [0.1, 0.15) is 0 Å². The van der Waals surface area contributed by atoms with Gasteiger partial charge in [0.05, 0.1) is 17.7 Å². The van der Waals surface area contributed by atoms with Crippen LogP contribution in [0.2, 0.25) is 0 Å². The first-order valence-electron chi connectivity index (χ1n) is 6.74. The van der Waals surface area contributed by atoms with Gasteiger partial charge in [-0.25, -0.2) is 0 Å².